The van der Waals surface area contributed by atoms with E-state index < -0.39 is 23.0 Å². The van der Waals surface area contributed by atoms with Gasteiger partial charge in [0, 0.05) is 20.1 Å². The van der Waals surface area contributed by atoms with E-state index in [4.69, 9.17) is 15.2 Å². The van der Waals surface area contributed by atoms with Crippen LogP contribution in [0.25, 0.3) is 5.57 Å². The molecule has 0 unspecified atom stereocenters. The van der Waals surface area contributed by atoms with Gasteiger partial charge in [0.25, 0.3) is 5.91 Å². The number of carbonyl (C=O) groups is 3. The Hall–Kier alpha value is -2.96. The van der Waals surface area contributed by atoms with Gasteiger partial charge in [-0.3, -0.25) is 14.4 Å². The van der Waals surface area contributed by atoms with Crippen LogP contribution in [-0.4, -0.2) is 83.4 Å². The Morgan fingerprint density at radius 2 is 1.69 bits per heavy atom. The van der Waals surface area contributed by atoms with E-state index in [0.717, 1.165) is 48.8 Å². The predicted molar refractivity (Wildman–Crippen MR) is 187 cm³/mol. The molecule has 1 fully saturated rings. The third-order valence-electron chi connectivity index (χ3n) is 8.71. The van der Waals surface area contributed by atoms with E-state index in [1.165, 1.54) is 0 Å². The number of amides is 3. The summed E-state index contributed by atoms with van der Waals surface area (Å²) in [4.78, 5) is 46.6. The maximum absolute atomic E-state index is 14.2. The molecule has 3 N–H and O–H groups in total. The molecular weight excluding hydrogens is 683 g/mol. The zero-order chi connectivity index (χ0) is 33.2. The van der Waals surface area contributed by atoms with Gasteiger partial charge in [0.15, 0.2) is 0 Å². The second-order valence-corrected chi connectivity index (χ2v) is 12.1. The molecule has 1 aliphatic heterocycles. The summed E-state index contributed by atoms with van der Waals surface area (Å²) in [6, 6.07) is 16.2. The lowest BCUT2D eigenvalue weighted by molar-refractivity contribution is -0.139. The van der Waals surface area contributed by atoms with Gasteiger partial charge in [-0.1, -0.05) is 84.3 Å². The van der Waals surface area contributed by atoms with Crippen LogP contribution in [-0.2, 0) is 25.7 Å². The van der Waals surface area contributed by atoms with Crippen LogP contribution in [0.1, 0.15) is 64.0 Å². The van der Waals surface area contributed by atoms with Crippen LogP contribution >= 0.6 is 22.6 Å². The fourth-order valence-corrected chi connectivity index (χ4v) is 6.13. The number of likely N-dealkylation sites (N-methyl/N-ethyl adjacent to an activating group) is 2. The number of nitrogens with one attached hydrogen (secondary N) is 1. The van der Waals surface area contributed by atoms with E-state index in [1.807, 2.05) is 78.4 Å². The molecule has 10 heteroatoms. The van der Waals surface area contributed by atoms with Crippen LogP contribution in [0.5, 0.6) is 5.75 Å². The first kappa shape index (κ1) is 36.5. The second-order valence-electron chi connectivity index (χ2n) is 12.1. The number of methoxy groups -OCH3 is 1. The SMILES string of the molecule is CCN(CC1=C(c2ccc(OC)cc2)C(=O)N(C)C12CCCCC2)C(=O)[C@@H](COCc1ccccc1)NC(=O)C(C)(C)N.CI. The number of hydrogen-bond donors (Lipinski definition) is 2. The van der Waals surface area contributed by atoms with Gasteiger partial charge in [-0.15, -0.1) is 0 Å². The van der Waals surface area contributed by atoms with Crippen molar-refractivity contribution in [1.29, 1.82) is 0 Å². The standard InChI is InChI=1S/C34H46N4O5.CH3I/c1-6-38(30(39)28(36-32(41)33(2,3)35)23-43-22-24-13-9-7-10-14-24)21-27-29(25-15-17-26(42-5)18-16-25)31(40)37(4)34(27)19-11-8-12-20-34;1-2/h7,9-10,13-18,28H,6,8,11-12,19-23,35H2,1-5H3,(H,36,41);1H3/t28-;/m1./s1. The molecule has 246 valence electrons. The summed E-state index contributed by atoms with van der Waals surface area (Å²) in [6.07, 6.45) is 4.83. The zero-order valence-corrected chi connectivity index (χ0v) is 29.7. The molecule has 0 aromatic heterocycles. The Balaban J connectivity index is 0.00000271. The Bertz CT molecular complexity index is 1320. The Morgan fingerprint density at radius 1 is 1.07 bits per heavy atom. The average molecular weight is 733 g/mol. The molecule has 0 bridgehead atoms. The first-order valence-corrected chi connectivity index (χ1v) is 17.7. The molecule has 1 aliphatic carbocycles. The van der Waals surface area contributed by atoms with Crippen molar-refractivity contribution in [2.45, 2.75) is 76.6 Å². The van der Waals surface area contributed by atoms with Gasteiger partial charge >= 0.3 is 0 Å². The van der Waals surface area contributed by atoms with Crippen LogP contribution in [0.4, 0.5) is 0 Å². The molecule has 2 aromatic carbocycles. The van der Waals surface area contributed by atoms with Crippen LogP contribution in [0.2, 0.25) is 0 Å². The molecule has 2 aromatic rings. The number of nitrogens with two attached hydrogens (primary N) is 1. The fraction of sp³-hybridized carbons (Fsp3) is 0.514. The van der Waals surface area contributed by atoms with Crippen LogP contribution in [0, 0.1) is 0 Å². The highest BCUT2D eigenvalue weighted by molar-refractivity contribution is 14.1. The first-order chi connectivity index (χ1) is 21.5. The number of nitrogens with zero attached hydrogens (tertiary/aromatic N) is 2. The van der Waals surface area contributed by atoms with Gasteiger partial charge in [-0.05, 0) is 67.4 Å². The molecule has 1 spiro atoms. The summed E-state index contributed by atoms with van der Waals surface area (Å²) in [7, 11) is 3.49. The molecule has 45 heavy (non-hydrogen) atoms. The normalized spacial score (nSPS) is 16.6. The minimum atomic E-state index is -1.17. The van der Waals surface area contributed by atoms with Crippen LogP contribution in [0.3, 0.4) is 0 Å². The van der Waals surface area contributed by atoms with Crippen molar-refractivity contribution in [2.24, 2.45) is 5.73 Å². The lowest BCUT2D eigenvalue weighted by Gasteiger charge is -2.43. The summed E-state index contributed by atoms with van der Waals surface area (Å²) in [5, 5.41) is 2.84. The molecule has 0 radical (unpaired) electrons. The van der Waals surface area contributed by atoms with Gasteiger partial charge < -0.3 is 30.3 Å². The minimum Gasteiger partial charge on any atom is -0.497 e. The summed E-state index contributed by atoms with van der Waals surface area (Å²) in [6.45, 7) is 6.06. The number of ether oxygens (including phenoxy) is 2. The third-order valence-corrected chi connectivity index (χ3v) is 8.71. The van der Waals surface area contributed by atoms with Gasteiger partial charge in [-0.2, -0.15) is 0 Å². The Kier molecular flexibility index (Phi) is 13.4. The summed E-state index contributed by atoms with van der Waals surface area (Å²) in [5.41, 5.74) is 7.81. The van der Waals surface area contributed by atoms with E-state index in [1.54, 1.807) is 25.9 Å². The first-order valence-electron chi connectivity index (χ1n) is 15.6. The Labute approximate surface area is 282 Å². The smallest absolute Gasteiger partial charge is 0.255 e. The van der Waals surface area contributed by atoms with Crippen molar-refractivity contribution < 1.29 is 23.9 Å². The summed E-state index contributed by atoms with van der Waals surface area (Å²) >= 11 is 2.15. The van der Waals surface area contributed by atoms with Gasteiger partial charge in [-0.25, -0.2) is 0 Å². The Morgan fingerprint density at radius 3 is 2.24 bits per heavy atom. The van der Waals surface area contributed by atoms with Crippen molar-refractivity contribution >= 4 is 45.9 Å². The van der Waals surface area contributed by atoms with E-state index in [0.29, 0.717) is 24.5 Å². The fourth-order valence-electron chi connectivity index (χ4n) is 6.13. The maximum atomic E-state index is 14.2. The number of rotatable bonds is 12. The highest BCUT2D eigenvalue weighted by Gasteiger charge is 2.50. The number of hydrogen-bond acceptors (Lipinski definition) is 6. The topological polar surface area (TPSA) is 114 Å². The highest BCUT2D eigenvalue weighted by Crippen LogP contribution is 2.48. The molecule has 1 atom stereocenters. The van der Waals surface area contributed by atoms with Crippen molar-refractivity contribution in [2.75, 3.05) is 38.8 Å². The van der Waals surface area contributed by atoms with Crippen molar-refractivity contribution in [3.63, 3.8) is 0 Å². The van der Waals surface area contributed by atoms with E-state index in [-0.39, 0.29) is 25.0 Å². The minimum absolute atomic E-state index is 0.0135. The van der Waals surface area contributed by atoms with E-state index >= 15 is 0 Å². The van der Waals surface area contributed by atoms with Gasteiger partial charge in [0.1, 0.15) is 11.8 Å². The van der Waals surface area contributed by atoms with Crippen LogP contribution < -0.4 is 15.8 Å². The number of halogens is 1. The molecule has 1 heterocycles. The quantitative estimate of drug-likeness (QED) is 0.236. The lowest BCUT2D eigenvalue weighted by atomic mass is 9.75. The van der Waals surface area contributed by atoms with Crippen molar-refractivity contribution in [1.82, 2.24) is 15.1 Å². The number of alkyl halides is 1. The van der Waals surface area contributed by atoms with E-state index in [9.17, 15) is 14.4 Å². The summed E-state index contributed by atoms with van der Waals surface area (Å²) < 4.78 is 11.3. The zero-order valence-electron chi connectivity index (χ0n) is 27.5. The van der Waals surface area contributed by atoms with Crippen molar-refractivity contribution in [3.05, 3.63) is 71.3 Å². The van der Waals surface area contributed by atoms with Crippen molar-refractivity contribution in [3.8, 4) is 5.75 Å². The molecule has 9 nitrogen and oxygen atoms in total. The van der Waals surface area contributed by atoms with Crippen LogP contribution in [0.15, 0.2) is 60.2 Å². The molecular formula is C35H49IN4O5. The molecule has 3 amide bonds. The third kappa shape index (κ3) is 8.65. The summed E-state index contributed by atoms with van der Waals surface area (Å²) in [5.74, 6) is -0.0450. The lowest BCUT2D eigenvalue weighted by Crippen LogP contribution is -2.58. The molecule has 4 rings (SSSR count). The molecule has 2 aliphatic rings. The number of carbonyl (C=O) groups excluding carboxylic acids is 3. The molecule has 1 saturated carbocycles. The second kappa shape index (κ2) is 16.6. The largest absolute Gasteiger partial charge is 0.497 e. The van der Waals surface area contributed by atoms with Gasteiger partial charge in [0.2, 0.25) is 11.8 Å². The highest BCUT2D eigenvalue weighted by atomic mass is 127. The monoisotopic (exact) mass is 732 g/mol. The number of benzene rings is 2. The van der Waals surface area contributed by atoms with Gasteiger partial charge in [0.05, 0.1) is 37.0 Å². The average Bonchev–Trinajstić information content (AvgIpc) is 3.24. The predicted octanol–water partition coefficient (Wildman–Crippen LogP) is 4.96. The van der Waals surface area contributed by atoms with E-state index in [2.05, 4.69) is 27.9 Å². The maximum Gasteiger partial charge on any atom is 0.255 e. The molecule has 0 saturated heterocycles.